The fourth-order valence-corrected chi connectivity index (χ4v) is 1.25. The van der Waals surface area contributed by atoms with Crippen molar-refractivity contribution in [2.45, 2.75) is 13.8 Å². The number of quaternary nitrogens is 1. The maximum Gasteiger partial charge on any atom is 0.243 e. The zero-order chi connectivity index (χ0) is 17.4. The van der Waals surface area contributed by atoms with E-state index in [4.69, 9.17) is 6.42 Å². The lowest BCUT2D eigenvalue weighted by molar-refractivity contribution is -0.822. The van der Waals surface area contributed by atoms with Gasteiger partial charge in [-0.05, 0) is 35.7 Å². The Balaban J connectivity index is -0.0000000367. The van der Waals surface area contributed by atoms with E-state index in [1.54, 1.807) is 0 Å². The molecule has 0 saturated carbocycles. The van der Waals surface area contributed by atoms with Gasteiger partial charge >= 0.3 is 0 Å². The Morgan fingerprint density at radius 2 is 1.58 bits per heavy atom. The highest BCUT2D eigenvalue weighted by Gasteiger charge is 2.10. The molecule has 0 unspecified atom stereocenters. The largest absolute Gasteiger partial charge is 0.352 e. The fraction of sp³-hybridized carbons (Fsp3) is 0.286. The summed E-state index contributed by atoms with van der Waals surface area (Å²) in [5.74, 6) is 24.8. The second-order valence-electron chi connectivity index (χ2n) is 4.64. The molecule has 0 aromatic carbocycles. The van der Waals surface area contributed by atoms with Crippen LogP contribution in [0.2, 0.25) is 0 Å². The van der Waals surface area contributed by atoms with Gasteiger partial charge in [0.1, 0.15) is 0 Å². The van der Waals surface area contributed by atoms with E-state index in [-0.39, 0.29) is 29.0 Å². The van der Waals surface area contributed by atoms with Gasteiger partial charge < -0.3 is 5.32 Å². The van der Waals surface area contributed by atoms with Gasteiger partial charge in [-0.1, -0.05) is 14.0 Å². The summed E-state index contributed by atoms with van der Waals surface area (Å²) in [7, 11) is 3.93. The molecule has 3 heteroatoms. The Hall–Kier alpha value is -3.47. The first-order chi connectivity index (χ1) is 11.0. The first kappa shape index (κ1) is 22.8. The molecule has 24 heavy (non-hydrogen) atoms. The number of terminal acetylenes is 1. The van der Waals surface area contributed by atoms with E-state index >= 15 is 0 Å². The number of amides is 1. The number of rotatable bonds is 5. The Labute approximate surface area is 162 Å². The summed E-state index contributed by atoms with van der Waals surface area (Å²) < 4.78 is 0.480. The Kier molecular flexibility index (Phi) is 13.7. The molecule has 142 valence electrons. The number of nitrogens with one attached hydrogen (secondary N) is 1. The average molecular weight is 340 g/mol. The normalized spacial score (nSPS) is 7.21. The lowest BCUT2D eigenvalue weighted by Crippen LogP contribution is -2.37. The van der Waals surface area contributed by atoms with Crippen LogP contribution in [0.1, 0.15) is 29.5 Å². The van der Waals surface area contributed by atoms with E-state index in [1.807, 2.05) is 14.1 Å². The van der Waals surface area contributed by atoms with Gasteiger partial charge in [0.2, 0.25) is 5.91 Å². The van der Waals surface area contributed by atoms with E-state index in [0.29, 0.717) is 11.0 Å². The van der Waals surface area contributed by atoms with Crippen LogP contribution in [0.3, 0.4) is 0 Å². The summed E-state index contributed by atoms with van der Waals surface area (Å²) in [5, 5.41) is 2.72. The number of hydrogen-bond donors (Lipinski definition) is 1. The maximum atomic E-state index is 11.0. The maximum absolute atomic E-state index is 11.0. The molecule has 3 nitrogen and oxygen atoms in total. The van der Waals surface area contributed by atoms with Crippen LogP contribution in [0, 0.1) is 71.7 Å². The number of carbonyl (C=O) groups is 1. The van der Waals surface area contributed by atoms with E-state index in [1.165, 1.54) is 6.08 Å². The van der Waals surface area contributed by atoms with Crippen LogP contribution in [0.5, 0.6) is 0 Å². The molecular formula is C21H43N2O+. The molecule has 0 heterocycles. The summed E-state index contributed by atoms with van der Waals surface area (Å²) >= 11 is 0. The van der Waals surface area contributed by atoms with Crippen LogP contribution >= 0.6 is 0 Å². The highest BCUT2D eigenvalue weighted by Crippen LogP contribution is 1.95. The van der Waals surface area contributed by atoms with Gasteiger partial charge in [0.25, 0.3) is 0 Å². The second kappa shape index (κ2) is 14.5. The highest BCUT2D eigenvalue weighted by molar-refractivity contribution is 5.86. The van der Waals surface area contributed by atoms with Crippen molar-refractivity contribution in [3.8, 4) is 71.7 Å². The third-order valence-corrected chi connectivity index (χ3v) is 2.31. The van der Waals surface area contributed by atoms with Crippen molar-refractivity contribution in [2.24, 2.45) is 0 Å². The lowest BCUT2D eigenvalue weighted by atomic mass is 10.3. The minimum absolute atomic E-state index is 0. The Morgan fingerprint density at radius 3 is 2.08 bits per heavy atom. The van der Waals surface area contributed by atoms with Crippen molar-refractivity contribution >= 4 is 5.91 Å². The number of carbonyl (C=O) groups excluding carboxylic acids is 1. The molecule has 0 aliphatic heterocycles. The molecule has 0 aliphatic rings. The van der Waals surface area contributed by atoms with E-state index in [0.717, 1.165) is 13.0 Å². The van der Waals surface area contributed by atoms with E-state index in [9.17, 15) is 4.79 Å². The van der Waals surface area contributed by atoms with E-state index < -0.39 is 0 Å². The Morgan fingerprint density at radius 1 is 1.08 bits per heavy atom. The Bertz CT molecular complexity index is 814. The number of hydrogen-bond acceptors (Lipinski definition) is 1. The molecule has 0 aromatic heterocycles. The molecule has 0 aromatic rings. The zero-order valence-electron chi connectivity index (χ0n) is 13.3. The predicted molar refractivity (Wildman–Crippen MR) is 122 cm³/mol. The zero-order valence-corrected chi connectivity index (χ0v) is 13.3. The van der Waals surface area contributed by atoms with Crippen LogP contribution in [0.15, 0.2) is 12.7 Å². The molecule has 0 radical (unpaired) electrons. The van der Waals surface area contributed by atoms with Crippen molar-refractivity contribution in [1.29, 1.82) is 0 Å². The van der Waals surface area contributed by atoms with Crippen molar-refractivity contribution in [3.63, 3.8) is 0 Å². The van der Waals surface area contributed by atoms with Gasteiger partial charge in [0, 0.05) is 52.3 Å². The minimum atomic E-state index is -0.167. The molecule has 0 bridgehead atoms. The first-order valence-electron chi connectivity index (χ1n) is 6.73. The SMILES string of the molecule is C.C#CC#CC#CC#CC#CC#C[N+](C)(C)CCCNC(=O)C=C.[HH].[HH].[HH].[HH].[HH].[HH].[HH].[HH].[HH].[HH].[HH]. The predicted octanol–water partition coefficient (Wildman–Crippen LogP) is 3.70. The average Bonchev–Trinajstić information content (AvgIpc) is 2.53. The van der Waals surface area contributed by atoms with Gasteiger partial charge in [0.05, 0.1) is 26.6 Å². The van der Waals surface area contributed by atoms with Crippen molar-refractivity contribution < 1.29 is 25.0 Å². The first-order valence-corrected chi connectivity index (χ1v) is 6.73. The molecule has 0 aliphatic carbocycles. The quantitative estimate of drug-likeness (QED) is 0.352. The topological polar surface area (TPSA) is 29.1 Å². The van der Waals surface area contributed by atoms with Crippen LogP contribution in [0.4, 0.5) is 0 Å². The van der Waals surface area contributed by atoms with Gasteiger partial charge in [0.15, 0.2) is 6.04 Å². The lowest BCUT2D eigenvalue weighted by Gasteiger charge is -2.20. The fourth-order valence-electron chi connectivity index (χ4n) is 1.25. The molecule has 0 rings (SSSR count). The molecule has 0 fully saturated rings. The highest BCUT2D eigenvalue weighted by atomic mass is 16.1. The van der Waals surface area contributed by atoms with Crippen molar-refractivity contribution in [1.82, 2.24) is 5.32 Å². The third-order valence-electron chi connectivity index (χ3n) is 2.31. The molecular weight excluding hydrogens is 296 g/mol. The summed E-state index contributed by atoms with van der Waals surface area (Å²) in [6.07, 6.45) is 6.99. The molecule has 1 amide bonds. The van der Waals surface area contributed by atoms with Crippen LogP contribution in [0.25, 0.3) is 0 Å². The van der Waals surface area contributed by atoms with Gasteiger partial charge in [-0.3, -0.25) is 9.28 Å². The van der Waals surface area contributed by atoms with Crippen LogP contribution in [-0.2, 0) is 4.79 Å². The second-order valence-corrected chi connectivity index (χ2v) is 4.64. The van der Waals surface area contributed by atoms with Gasteiger partial charge in [-0.2, -0.15) is 0 Å². The molecule has 1 N–H and O–H groups in total. The molecule has 0 saturated heterocycles. The monoisotopic (exact) mass is 339 g/mol. The van der Waals surface area contributed by atoms with Crippen LogP contribution in [-0.4, -0.2) is 37.6 Å². The standard InChI is InChI=1S/C20H16N2O.CH4.11H2/c1-5-7-8-9-10-11-12-13-14-15-18-22(3,4)19-16-17-21-20(23)6-2;;;;;;;;;;;;/h1,6H,2,16-17,19H2,3-4H3;1H4;11*1H/p+1. The molecule has 0 atom stereocenters. The van der Waals surface area contributed by atoms with Gasteiger partial charge in [-0.15, -0.1) is 6.42 Å². The summed E-state index contributed by atoms with van der Waals surface area (Å²) in [4.78, 5) is 11.0. The molecule has 0 spiro atoms. The van der Waals surface area contributed by atoms with Crippen molar-refractivity contribution in [3.05, 3.63) is 12.7 Å². The summed E-state index contributed by atoms with van der Waals surface area (Å²) in [6.45, 7) is 4.77. The summed E-state index contributed by atoms with van der Waals surface area (Å²) in [5.41, 5.74) is 0. The smallest absolute Gasteiger partial charge is 0.243 e. The summed E-state index contributed by atoms with van der Waals surface area (Å²) in [6, 6.07) is 3.01. The number of nitrogens with zero attached hydrogens (tertiary/aromatic N) is 1. The van der Waals surface area contributed by atoms with E-state index in [2.05, 4.69) is 77.1 Å². The van der Waals surface area contributed by atoms with Gasteiger partial charge in [-0.25, -0.2) is 0 Å². The minimum Gasteiger partial charge on any atom is -0.352 e. The van der Waals surface area contributed by atoms with Crippen molar-refractivity contribution in [2.75, 3.05) is 27.2 Å². The third kappa shape index (κ3) is 14.9. The van der Waals surface area contributed by atoms with Crippen LogP contribution < -0.4 is 5.32 Å².